The van der Waals surface area contributed by atoms with Crippen LogP contribution < -0.4 is 5.32 Å². The van der Waals surface area contributed by atoms with Crippen LogP contribution in [0.1, 0.15) is 43.4 Å². The smallest absolute Gasteiger partial charge is 0.272 e. The van der Waals surface area contributed by atoms with Crippen LogP contribution in [0.2, 0.25) is 0 Å². The van der Waals surface area contributed by atoms with E-state index < -0.39 is 34.8 Å². The molecule has 4 rings (SSSR count). The Hall–Kier alpha value is -2.92. The Morgan fingerprint density at radius 2 is 1.78 bits per heavy atom. The van der Waals surface area contributed by atoms with Gasteiger partial charge in [-0.1, -0.05) is 20.8 Å². The Morgan fingerprint density at radius 3 is 2.42 bits per heavy atom. The van der Waals surface area contributed by atoms with Crippen LogP contribution in [0.15, 0.2) is 12.1 Å². The van der Waals surface area contributed by atoms with Gasteiger partial charge < -0.3 is 24.4 Å². The second-order valence-corrected chi connectivity index (χ2v) is 10.6. The minimum Gasteiger partial charge on any atom is -0.378 e. The molecule has 2 amide bonds. The van der Waals surface area contributed by atoms with Crippen molar-refractivity contribution in [1.29, 1.82) is 0 Å². The van der Waals surface area contributed by atoms with Crippen molar-refractivity contribution in [1.82, 2.24) is 24.7 Å². The van der Waals surface area contributed by atoms with E-state index in [0.717, 1.165) is 12.6 Å². The summed E-state index contributed by atoms with van der Waals surface area (Å²) in [5.74, 6) is -4.24. The normalized spacial score (nSPS) is 17.8. The molecule has 196 valence electrons. The first kappa shape index (κ1) is 26.2. The molecule has 8 nitrogen and oxygen atoms in total. The lowest BCUT2D eigenvalue weighted by Gasteiger charge is -2.42. The summed E-state index contributed by atoms with van der Waals surface area (Å²) >= 11 is 0. The van der Waals surface area contributed by atoms with Crippen LogP contribution in [0.4, 0.5) is 13.2 Å². The van der Waals surface area contributed by atoms with Crippen molar-refractivity contribution >= 4 is 11.8 Å². The van der Waals surface area contributed by atoms with Crippen molar-refractivity contribution in [2.45, 2.75) is 52.4 Å². The van der Waals surface area contributed by atoms with Crippen LogP contribution in [-0.2, 0) is 22.6 Å². The number of imidazole rings is 1. The summed E-state index contributed by atoms with van der Waals surface area (Å²) in [5, 5.41) is 2.85. The van der Waals surface area contributed by atoms with Crippen LogP contribution in [0, 0.1) is 22.9 Å². The topological polar surface area (TPSA) is 79.7 Å². The maximum Gasteiger partial charge on any atom is 0.272 e. The van der Waals surface area contributed by atoms with Gasteiger partial charge >= 0.3 is 0 Å². The van der Waals surface area contributed by atoms with E-state index in [9.17, 15) is 22.8 Å². The number of halogens is 3. The Morgan fingerprint density at radius 1 is 1.11 bits per heavy atom. The van der Waals surface area contributed by atoms with Crippen molar-refractivity contribution in [3.8, 4) is 11.4 Å². The van der Waals surface area contributed by atoms with Gasteiger partial charge in [0.05, 0.1) is 17.4 Å². The molecule has 3 heterocycles. The van der Waals surface area contributed by atoms with Gasteiger partial charge in [0.2, 0.25) is 5.91 Å². The molecule has 0 saturated carbocycles. The molecule has 0 aliphatic carbocycles. The summed E-state index contributed by atoms with van der Waals surface area (Å²) < 4.78 is 49.3. The van der Waals surface area contributed by atoms with Gasteiger partial charge in [0.25, 0.3) is 5.91 Å². The SMILES string of the molecule is COC1CN(C(=O)C(NC(=O)c2nc(-c3cc(F)c(F)cc3F)n3c2CN(C)CCC3)C(C)(C)C)C1. The first-order valence-corrected chi connectivity index (χ1v) is 12.0. The van der Waals surface area contributed by atoms with Crippen molar-refractivity contribution in [3.63, 3.8) is 0 Å². The first-order valence-electron chi connectivity index (χ1n) is 12.0. The van der Waals surface area contributed by atoms with Crippen LogP contribution in [0.5, 0.6) is 0 Å². The number of carbonyl (C=O) groups excluding carboxylic acids is 2. The van der Waals surface area contributed by atoms with E-state index in [4.69, 9.17) is 4.74 Å². The van der Waals surface area contributed by atoms with Crippen molar-refractivity contribution in [3.05, 3.63) is 41.0 Å². The van der Waals surface area contributed by atoms with Gasteiger partial charge in [-0.15, -0.1) is 0 Å². The molecule has 1 N–H and O–H groups in total. The fourth-order valence-electron chi connectivity index (χ4n) is 4.60. The summed E-state index contributed by atoms with van der Waals surface area (Å²) in [7, 11) is 3.48. The highest BCUT2D eigenvalue weighted by molar-refractivity contribution is 5.98. The molecule has 1 saturated heterocycles. The lowest BCUT2D eigenvalue weighted by atomic mass is 9.85. The lowest BCUT2D eigenvalue weighted by molar-refractivity contribution is -0.147. The highest BCUT2D eigenvalue weighted by Crippen LogP contribution is 2.30. The molecule has 36 heavy (non-hydrogen) atoms. The molecule has 1 aromatic heterocycles. The zero-order valence-corrected chi connectivity index (χ0v) is 21.2. The molecule has 1 atom stereocenters. The minimum atomic E-state index is -1.30. The quantitative estimate of drug-likeness (QED) is 0.630. The molecule has 2 aromatic rings. The monoisotopic (exact) mass is 507 g/mol. The molecule has 1 fully saturated rings. The van der Waals surface area contributed by atoms with E-state index in [1.54, 1.807) is 16.6 Å². The number of likely N-dealkylation sites (tertiary alicyclic amines) is 1. The lowest BCUT2D eigenvalue weighted by Crippen LogP contribution is -2.62. The summed E-state index contributed by atoms with van der Waals surface area (Å²) in [6.07, 6.45) is 0.663. The maximum atomic E-state index is 14.7. The van der Waals surface area contributed by atoms with Gasteiger partial charge in [-0.2, -0.15) is 0 Å². The van der Waals surface area contributed by atoms with Crippen molar-refractivity contribution in [2.75, 3.05) is 33.8 Å². The van der Waals surface area contributed by atoms with Crippen molar-refractivity contribution < 1.29 is 27.5 Å². The van der Waals surface area contributed by atoms with Gasteiger partial charge in [-0.3, -0.25) is 9.59 Å². The van der Waals surface area contributed by atoms with E-state index in [-0.39, 0.29) is 29.1 Å². The van der Waals surface area contributed by atoms with E-state index in [1.165, 1.54) is 0 Å². The minimum absolute atomic E-state index is 0.0294. The molecule has 0 bridgehead atoms. The predicted octanol–water partition coefficient (Wildman–Crippen LogP) is 2.80. The van der Waals surface area contributed by atoms with E-state index in [1.807, 2.05) is 32.7 Å². The largest absolute Gasteiger partial charge is 0.378 e. The van der Waals surface area contributed by atoms with Crippen LogP contribution >= 0.6 is 0 Å². The number of hydrogen-bond donors (Lipinski definition) is 1. The third-order valence-corrected chi connectivity index (χ3v) is 6.76. The number of nitrogens with one attached hydrogen (secondary N) is 1. The second-order valence-electron chi connectivity index (χ2n) is 10.6. The average Bonchev–Trinajstić information content (AvgIpc) is 2.98. The maximum absolute atomic E-state index is 14.7. The fourth-order valence-corrected chi connectivity index (χ4v) is 4.60. The number of aromatic nitrogens is 2. The molecule has 2 aliphatic rings. The van der Waals surface area contributed by atoms with Gasteiger partial charge in [-0.25, -0.2) is 18.2 Å². The standard InChI is InChI=1S/C25H32F3N5O3/c1-25(2,3)21(24(35)32-11-14(12-32)36-5)30-23(34)20-19-13-31(4)7-6-8-33(19)22(29-20)15-9-17(27)18(28)10-16(15)26/h9-10,14,21H,6-8,11-13H2,1-5H3,(H,30,34). The van der Waals surface area contributed by atoms with E-state index in [0.29, 0.717) is 44.4 Å². The zero-order chi connectivity index (χ0) is 26.4. The fraction of sp³-hybridized carbons (Fsp3) is 0.560. The third-order valence-electron chi connectivity index (χ3n) is 6.76. The molecular weight excluding hydrogens is 475 g/mol. The van der Waals surface area contributed by atoms with Crippen LogP contribution in [0.3, 0.4) is 0 Å². The van der Waals surface area contributed by atoms with Gasteiger partial charge in [-0.05, 0) is 31.5 Å². The summed E-state index contributed by atoms with van der Waals surface area (Å²) in [5.41, 5.74) is -0.278. The second kappa shape index (κ2) is 9.85. The third kappa shape index (κ3) is 4.99. The summed E-state index contributed by atoms with van der Waals surface area (Å²) in [6.45, 7) is 7.94. The number of carbonyl (C=O) groups is 2. The van der Waals surface area contributed by atoms with Gasteiger partial charge in [0, 0.05) is 39.4 Å². The molecular formula is C25H32F3N5O3. The van der Waals surface area contributed by atoms with Crippen LogP contribution in [0.25, 0.3) is 11.4 Å². The number of ether oxygens (including phenoxy) is 1. The number of nitrogens with zero attached hydrogens (tertiary/aromatic N) is 4. The summed E-state index contributed by atoms with van der Waals surface area (Å²) in [6, 6.07) is 0.393. The number of rotatable bonds is 5. The Kier molecular flexibility index (Phi) is 7.16. The molecule has 1 unspecified atom stereocenters. The highest BCUT2D eigenvalue weighted by atomic mass is 19.2. The van der Waals surface area contributed by atoms with Crippen molar-refractivity contribution in [2.24, 2.45) is 5.41 Å². The number of amides is 2. The molecule has 2 aliphatic heterocycles. The van der Waals surface area contributed by atoms with E-state index >= 15 is 0 Å². The predicted molar refractivity (Wildman–Crippen MR) is 127 cm³/mol. The van der Waals surface area contributed by atoms with E-state index in [2.05, 4.69) is 10.3 Å². The summed E-state index contributed by atoms with van der Waals surface area (Å²) in [4.78, 5) is 34.9. The van der Waals surface area contributed by atoms with Gasteiger partial charge in [0.15, 0.2) is 17.3 Å². The number of benzene rings is 1. The molecule has 0 radical (unpaired) electrons. The highest BCUT2D eigenvalue weighted by Gasteiger charge is 2.41. The van der Waals surface area contributed by atoms with Crippen LogP contribution in [-0.4, -0.2) is 77.1 Å². The molecule has 11 heteroatoms. The number of fused-ring (bicyclic) bond motifs is 1. The number of hydrogen-bond acceptors (Lipinski definition) is 5. The first-order chi connectivity index (χ1) is 16.9. The molecule has 0 spiro atoms. The Balaban J connectivity index is 1.71. The Bertz CT molecular complexity index is 1170. The zero-order valence-electron chi connectivity index (χ0n) is 21.2. The molecule has 1 aromatic carbocycles. The van der Waals surface area contributed by atoms with Gasteiger partial charge in [0.1, 0.15) is 17.7 Å². The number of methoxy groups -OCH3 is 1. The Labute approximate surface area is 208 Å². The average molecular weight is 508 g/mol.